The van der Waals surface area contributed by atoms with Gasteiger partial charge in [-0.25, -0.2) is 4.39 Å². The van der Waals surface area contributed by atoms with Crippen molar-refractivity contribution in [3.63, 3.8) is 0 Å². The van der Waals surface area contributed by atoms with E-state index in [0.717, 1.165) is 6.42 Å². The zero-order chi connectivity index (χ0) is 13.4. The Kier molecular flexibility index (Phi) is 6.68. The maximum Gasteiger partial charge on any atom is 0.221 e. The molecular formula is C13H18ClFN2O. The van der Waals surface area contributed by atoms with Gasteiger partial charge in [0.25, 0.3) is 0 Å². The number of nitrogens with one attached hydrogen (secondary N) is 2. The van der Waals surface area contributed by atoms with E-state index in [2.05, 4.69) is 10.6 Å². The van der Waals surface area contributed by atoms with Gasteiger partial charge < -0.3 is 10.6 Å². The quantitative estimate of drug-likeness (QED) is 0.749. The van der Waals surface area contributed by atoms with E-state index in [0.29, 0.717) is 31.6 Å². The highest BCUT2D eigenvalue weighted by Gasteiger charge is 2.05. The lowest BCUT2D eigenvalue weighted by Gasteiger charge is -2.07. The number of amides is 1. The molecule has 0 saturated carbocycles. The summed E-state index contributed by atoms with van der Waals surface area (Å²) in [5.41, 5.74) is 0.511. The first-order valence-electron chi connectivity index (χ1n) is 6.05. The van der Waals surface area contributed by atoms with Crippen LogP contribution < -0.4 is 10.6 Å². The standard InChI is InChI=1S/C13H18ClFN2O/c1-2-7-17-12(18)6-8-16-9-10-4-3-5-11(14)13(10)15/h3-5,16H,2,6-9H2,1H3,(H,17,18). The molecule has 0 saturated heterocycles. The van der Waals surface area contributed by atoms with Crippen LogP contribution in [0.5, 0.6) is 0 Å². The number of hydrogen-bond acceptors (Lipinski definition) is 2. The number of carbonyl (C=O) groups excluding carboxylic acids is 1. The summed E-state index contributed by atoms with van der Waals surface area (Å²) in [6, 6.07) is 4.89. The van der Waals surface area contributed by atoms with Crippen molar-refractivity contribution in [2.75, 3.05) is 13.1 Å². The molecule has 0 heterocycles. The van der Waals surface area contributed by atoms with E-state index in [-0.39, 0.29) is 10.9 Å². The SMILES string of the molecule is CCCNC(=O)CCNCc1cccc(Cl)c1F. The summed E-state index contributed by atoms with van der Waals surface area (Å²) in [6.45, 7) is 3.58. The summed E-state index contributed by atoms with van der Waals surface area (Å²) in [5, 5.41) is 5.92. The van der Waals surface area contributed by atoms with Gasteiger partial charge in [-0.3, -0.25) is 4.79 Å². The number of benzene rings is 1. The average molecular weight is 273 g/mol. The lowest BCUT2D eigenvalue weighted by atomic mass is 10.2. The van der Waals surface area contributed by atoms with Gasteiger partial charge in [0.15, 0.2) is 0 Å². The van der Waals surface area contributed by atoms with Gasteiger partial charge in [-0.05, 0) is 12.5 Å². The fourth-order valence-electron chi connectivity index (χ4n) is 1.46. The maximum absolute atomic E-state index is 13.5. The topological polar surface area (TPSA) is 41.1 Å². The van der Waals surface area contributed by atoms with Crippen molar-refractivity contribution in [2.24, 2.45) is 0 Å². The fraction of sp³-hybridized carbons (Fsp3) is 0.462. The highest BCUT2D eigenvalue weighted by molar-refractivity contribution is 6.30. The first kappa shape index (κ1) is 14.9. The summed E-state index contributed by atoms with van der Waals surface area (Å²) >= 11 is 5.67. The van der Waals surface area contributed by atoms with Crippen LogP contribution in [0.4, 0.5) is 4.39 Å². The summed E-state index contributed by atoms with van der Waals surface area (Å²) in [6.07, 6.45) is 1.31. The van der Waals surface area contributed by atoms with Gasteiger partial charge in [-0.15, -0.1) is 0 Å². The lowest BCUT2D eigenvalue weighted by Crippen LogP contribution is -2.28. The molecule has 0 aliphatic carbocycles. The highest BCUT2D eigenvalue weighted by atomic mass is 35.5. The molecule has 0 aliphatic rings. The molecule has 5 heteroatoms. The fourth-order valence-corrected chi connectivity index (χ4v) is 1.66. The Hall–Kier alpha value is -1.13. The number of rotatable bonds is 7. The molecule has 1 amide bonds. The molecule has 0 fully saturated rings. The van der Waals surface area contributed by atoms with E-state index < -0.39 is 5.82 Å². The van der Waals surface area contributed by atoms with Crippen molar-refractivity contribution < 1.29 is 9.18 Å². The zero-order valence-corrected chi connectivity index (χ0v) is 11.2. The molecule has 0 unspecified atom stereocenters. The van der Waals surface area contributed by atoms with Crippen LogP contribution in [-0.2, 0) is 11.3 Å². The monoisotopic (exact) mass is 272 g/mol. The smallest absolute Gasteiger partial charge is 0.221 e. The van der Waals surface area contributed by atoms with E-state index in [1.54, 1.807) is 12.1 Å². The Balaban J connectivity index is 2.25. The molecule has 0 aromatic heterocycles. The Morgan fingerprint density at radius 3 is 2.89 bits per heavy atom. The van der Waals surface area contributed by atoms with Crippen LogP contribution in [0, 0.1) is 5.82 Å². The van der Waals surface area contributed by atoms with Crippen molar-refractivity contribution in [1.29, 1.82) is 0 Å². The molecule has 0 atom stereocenters. The number of hydrogen-bond donors (Lipinski definition) is 2. The minimum Gasteiger partial charge on any atom is -0.356 e. The third kappa shape index (κ3) is 5.02. The van der Waals surface area contributed by atoms with E-state index >= 15 is 0 Å². The molecule has 1 aromatic rings. The van der Waals surface area contributed by atoms with Gasteiger partial charge in [-0.2, -0.15) is 0 Å². The molecule has 0 aliphatic heterocycles. The number of carbonyl (C=O) groups is 1. The molecule has 1 aromatic carbocycles. The number of halogens is 2. The lowest BCUT2D eigenvalue weighted by molar-refractivity contribution is -0.120. The van der Waals surface area contributed by atoms with Crippen LogP contribution in [0.3, 0.4) is 0 Å². The minimum absolute atomic E-state index is 0.0101. The van der Waals surface area contributed by atoms with Crippen molar-refractivity contribution >= 4 is 17.5 Å². The third-order valence-electron chi connectivity index (χ3n) is 2.45. The zero-order valence-electron chi connectivity index (χ0n) is 10.4. The second-order valence-electron chi connectivity index (χ2n) is 3.99. The molecule has 0 spiro atoms. The molecule has 18 heavy (non-hydrogen) atoms. The molecule has 1 rings (SSSR count). The minimum atomic E-state index is -0.401. The first-order valence-corrected chi connectivity index (χ1v) is 6.43. The molecule has 2 N–H and O–H groups in total. The van der Waals surface area contributed by atoms with Gasteiger partial charge >= 0.3 is 0 Å². The van der Waals surface area contributed by atoms with E-state index in [4.69, 9.17) is 11.6 Å². The normalized spacial score (nSPS) is 10.4. The van der Waals surface area contributed by atoms with Gasteiger partial charge in [0.2, 0.25) is 5.91 Å². The van der Waals surface area contributed by atoms with Crippen LogP contribution in [-0.4, -0.2) is 19.0 Å². The van der Waals surface area contributed by atoms with E-state index in [9.17, 15) is 9.18 Å². The highest BCUT2D eigenvalue weighted by Crippen LogP contribution is 2.17. The van der Waals surface area contributed by atoms with E-state index in [1.165, 1.54) is 6.07 Å². The molecule has 0 bridgehead atoms. The summed E-state index contributed by atoms with van der Waals surface area (Å²) < 4.78 is 13.5. The van der Waals surface area contributed by atoms with E-state index in [1.807, 2.05) is 6.92 Å². The van der Waals surface area contributed by atoms with Crippen LogP contribution in [0.25, 0.3) is 0 Å². The Morgan fingerprint density at radius 2 is 2.17 bits per heavy atom. The van der Waals surface area contributed by atoms with Crippen LogP contribution >= 0.6 is 11.6 Å². The predicted molar refractivity (Wildman–Crippen MR) is 71.0 cm³/mol. The largest absolute Gasteiger partial charge is 0.356 e. The van der Waals surface area contributed by atoms with Crippen molar-refractivity contribution in [3.05, 3.63) is 34.6 Å². The second kappa shape index (κ2) is 8.06. The first-order chi connectivity index (χ1) is 8.65. The van der Waals surface area contributed by atoms with Gasteiger partial charge in [0.05, 0.1) is 5.02 Å². The Labute approximate surface area is 112 Å². The van der Waals surface area contributed by atoms with Gasteiger partial charge in [-0.1, -0.05) is 30.7 Å². The third-order valence-corrected chi connectivity index (χ3v) is 2.74. The van der Waals surface area contributed by atoms with Crippen LogP contribution in [0.2, 0.25) is 5.02 Å². The molecule has 3 nitrogen and oxygen atoms in total. The average Bonchev–Trinajstić information content (AvgIpc) is 2.37. The Bertz CT molecular complexity index is 399. The van der Waals surface area contributed by atoms with Crippen molar-refractivity contribution in [2.45, 2.75) is 26.3 Å². The second-order valence-corrected chi connectivity index (χ2v) is 4.40. The van der Waals surface area contributed by atoms with Gasteiger partial charge in [0.1, 0.15) is 5.82 Å². The summed E-state index contributed by atoms with van der Waals surface area (Å²) in [5.74, 6) is -0.391. The van der Waals surface area contributed by atoms with Crippen LogP contribution in [0.15, 0.2) is 18.2 Å². The molecule has 100 valence electrons. The van der Waals surface area contributed by atoms with Crippen molar-refractivity contribution in [1.82, 2.24) is 10.6 Å². The maximum atomic E-state index is 13.5. The van der Waals surface area contributed by atoms with Gasteiger partial charge in [0, 0.05) is 31.6 Å². The molecular weight excluding hydrogens is 255 g/mol. The summed E-state index contributed by atoms with van der Waals surface area (Å²) in [7, 11) is 0. The summed E-state index contributed by atoms with van der Waals surface area (Å²) in [4.78, 5) is 11.3. The van der Waals surface area contributed by atoms with Crippen molar-refractivity contribution in [3.8, 4) is 0 Å². The predicted octanol–water partition coefficient (Wildman–Crippen LogP) is 2.49. The molecule has 0 radical (unpaired) electrons. The van der Waals surface area contributed by atoms with Crippen LogP contribution in [0.1, 0.15) is 25.3 Å². The Morgan fingerprint density at radius 1 is 1.39 bits per heavy atom.